The molecule has 3 aromatic rings. The van der Waals surface area contributed by atoms with E-state index in [0.717, 1.165) is 28.3 Å². The third-order valence-corrected chi connectivity index (χ3v) is 5.08. The monoisotopic (exact) mass is 269 g/mol. The van der Waals surface area contributed by atoms with Crippen molar-refractivity contribution in [2.75, 3.05) is 5.73 Å². The zero-order chi connectivity index (χ0) is 13.0. The summed E-state index contributed by atoms with van der Waals surface area (Å²) in [6.07, 6.45) is 3.56. The largest absolute Gasteiger partial charge is 0.390 e. The number of rotatable bonds is 1. The highest BCUT2D eigenvalue weighted by Crippen LogP contribution is 2.43. The van der Waals surface area contributed by atoms with Crippen molar-refractivity contribution in [3.8, 4) is 11.4 Å². The minimum atomic E-state index is 0.920. The number of imidazole rings is 1. The van der Waals surface area contributed by atoms with Gasteiger partial charge < -0.3 is 10.3 Å². The Labute approximate surface area is 115 Å². The number of aryl methyl sites for hydroxylation is 2. The summed E-state index contributed by atoms with van der Waals surface area (Å²) in [5.41, 5.74) is 11.0. The van der Waals surface area contributed by atoms with Crippen LogP contribution in [0.1, 0.15) is 16.9 Å². The maximum absolute atomic E-state index is 6.24. The fraction of sp³-hybridized carbons (Fsp3) is 0.267. The number of nitrogen functional groups attached to an aromatic ring is 1. The van der Waals surface area contributed by atoms with Crippen LogP contribution in [0.4, 0.5) is 5.00 Å². The van der Waals surface area contributed by atoms with Gasteiger partial charge in [-0.3, -0.25) is 0 Å². The van der Waals surface area contributed by atoms with E-state index in [-0.39, 0.29) is 0 Å². The van der Waals surface area contributed by atoms with Crippen molar-refractivity contribution in [2.24, 2.45) is 7.05 Å². The minimum absolute atomic E-state index is 0.920. The van der Waals surface area contributed by atoms with Gasteiger partial charge in [-0.2, -0.15) is 0 Å². The third kappa shape index (κ3) is 1.46. The van der Waals surface area contributed by atoms with Crippen LogP contribution in [0, 0.1) is 0 Å². The van der Waals surface area contributed by atoms with Crippen LogP contribution in [0.3, 0.4) is 0 Å². The molecule has 1 aliphatic carbocycles. The van der Waals surface area contributed by atoms with E-state index in [4.69, 9.17) is 10.7 Å². The molecule has 2 heterocycles. The second-order valence-electron chi connectivity index (χ2n) is 5.08. The molecule has 4 heteroatoms. The van der Waals surface area contributed by atoms with E-state index in [1.165, 1.54) is 28.8 Å². The molecule has 4 rings (SSSR count). The van der Waals surface area contributed by atoms with Crippen LogP contribution in [-0.2, 0) is 19.9 Å². The quantitative estimate of drug-likeness (QED) is 0.736. The van der Waals surface area contributed by atoms with E-state index < -0.39 is 0 Å². The number of para-hydroxylation sites is 2. The number of benzene rings is 1. The van der Waals surface area contributed by atoms with Crippen LogP contribution < -0.4 is 5.73 Å². The lowest BCUT2D eigenvalue weighted by atomic mass is 10.1. The van der Waals surface area contributed by atoms with E-state index >= 15 is 0 Å². The van der Waals surface area contributed by atoms with Gasteiger partial charge in [0.1, 0.15) is 5.82 Å². The molecule has 96 valence electrons. The zero-order valence-electron chi connectivity index (χ0n) is 10.8. The molecule has 0 aliphatic heterocycles. The second kappa shape index (κ2) is 3.84. The van der Waals surface area contributed by atoms with Crippen molar-refractivity contribution in [2.45, 2.75) is 19.3 Å². The number of nitrogens with zero attached hydrogens (tertiary/aromatic N) is 2. The van der Waals surface area contributed by atoms with Gasteiger partial charge in [0.25, 0.3) is 0 Å². The first kappa shape index (κ1) is 11.1. The molecule has 0 unspecified atom stereocenters. The Morgan fingerprint density at radius 3 is 2.95 bits per heavy atom. The number of hydrogen-bond donors (Lipinski definition) is 1. The fourth-order valence-corrected chi connectivity index (χ4v) is 4.20. The van der Waals surface area contributed by atoms with Gasteiger partial charge >= 0.3 is 0 Å². The lowest BCUT2D eigenvalue weighted by molar-refractivity contribution is 0.910. The molecular weight excluding hydrogens is 254 g/mol. The molecule has 1 aromatic carbocycles. The van der Waals surface area contributed by atoms with Gasteiger partial charge in [0.05, 0.1) is 21.6 Å². The first-order valence-corrected chi connectivity index (χ1v) is 7.39. The Bertz CT molecular complexity index is 782. The number of thiophene rings is 1. The van der Waals surface area contributed by atoms with Gasteiger partial charge in [0, 0.05) is 11.9 Å². The Morgan fingerprint density at radius 1 is 1.26 bits per heavy atom. The molecule has 0 atom stereocenters. The normalized spacial score (nSPS) is 14.2. The molecule has 0 fully saturated rings. The van der Waals surface area contributed by atoms with Crippen molar-refractivity contribution in [1.29, 1.82) is 0 Å². The van der Waals surface area contributed by atoms with Crippen molar-refractivity contribution in [3.05, 3.63) is 34.7 Å². The van der Waals surface area contributed by atoms with E-state index in [0.29, 0.717) is 0 Å². The van der Waals surface area contributed by atoms with Gasteiger partial charge in [-0.15, -0.1) is 11.3 Å². The van der Waals surface area contributed by atoms with Gasteiger partial charge in [-0.1, -0.05) is 12.1 Å². The van der Waals surface area contributed by atoms with Crippen LogP contribution >= 0.6 is 11.3 Å². The molecule has 0 bridgehead atoms. The fourth-order valence-electron chi connectivity index (χ4n) is 3.04. The second-order valence-corrected chi connectivity index (χ2v) is 6.22. The number of anilines is 1. The number of nitrogens with two attached hydrogens (primary N) is 1. The summed E-state index contributed by atoms with van der Waals surface area (Å²) in [7, 11) is 2.07. The minimum Gasteiger partial charge on any atom is -0.390 e. The summed E-state index contributed by atoms with van der Waals surface area (Å²) in [5, 5.41) is 0.920. The summed E-state index contributed by atoms with van der Waals surface area (Å²) in [5.74, 6) is 1.01. The van der Waals surface area contributed by atoms with Gasteiger partial charge in [-0.25, -0.2) is 4.98 Å². The van der Waals surface area contributed by atoms with Gasteiger partial charge in [0.15, 0.2) is 0 Å². The SMILES string of the molecule is Cn1c(-c2c(N)sc3c2CCC3)nc2ccccc21. The standard InChI is InChI=1S/C15H15N3S/c1-18-11-7-3-2-6-10(11)17-15(18)13-9-5-4-8-12(9)19-14(13)16/h2-3,6-7H,4-5,8,16H2,1H3. The molecule has 1 aliphatic rings. The van der Waals surface area contributed by atoms with Crippen LogP contribution in [0.25, 0.3) is 22.4 Å². The Morgan fingerprint density at radius 2 is 2.11 bits per heavy atom. The zero-order valence-corrected chi connectivity index (χ0v) is 11.6. The molecule has 0 spiro atoms. The first-order chi connectivity index (χ1) is 9.25. The molecule has 2 aromatic heterocycles. The van der Waals surface area contributed by atoms with Crippen molar-refractivity contribution >= 4 is 27.4 Å². The predicted molar refractivity (Wildman–Crippen MR) is 80.5 cm³/mol. The topological polar surface area (TPSA) is 43.8 Å². The number of hydrogen-bond acceptors (Lipinski definition) is 3. The van der Waals surface area contributed by atoms with Crippen LogP contribution in [0.2, 0.25) is 0 Å². The van der Waals surface area contributed by atoms with E-state index in [1.54, 1.807) is 11.3 Å². The average molecular weight is 269 g/mol. The summed E-state index contributed by atoms with van der Waals surface area (Å²) in [6.45, 7) is 0. The van der Waals surface area contributed by atoms with Crippen molar-refractivity contribution in [3.63, 3.8) is 0 Å². The number of fused-ring (bicyclic) bond motifs is 2. The van der Waals surface area contributed by atoms with E-state index in [2.05, 4.69) is 29.8 Å². The predicted octanol–water partition coefficient (Wildman–Crippen LogP) is 3.37. The molecule has 0 saturated carbocycles. The smallest absolute Gasteiger partial charge is 0.144 e. The first-order valence-electron chi connectivity index (χ1n) is 6.57. The maximum atomic E-state index is 6.24. The summed E-state index contributed by atoms with van der Waals surface area (Å²) >= 11 is 1.74. The Kier molecular flexibility index (Phi) is 2.23. The number of aromatic nitrogens is 2. The summed E-state index contributed by atoms with van der Waals surface area (Å²) in [6, 6.07) is 8.24. The molecule has 3 nitrogen and oxygen atoms in total. The van der Waals surface area contributed by atoms with Crippen LogP contribution in [0.5, 0.6) is 0 Å². The lowest BCUT2D eigenvalue weighted by Gasteiger charge is -2.04. The van der Waals surface area contributed by atoms with Crippen molar-refractivity contribution in [1.82, 2.24) is 9.55 Å². The van der Waals surface area contributed by atoms with Crippen LogP contribution in [0.15, 0.2) is 24.3 Å². The maximum Gasteiger partial charge on any atom is 0.144 e. The molecule has 0 radical (unpaired) electrons. The Balaban J connectivity index is 2.03. The molecule has 0 amide bonds. The molecule has 0 saturated heterocycles. The van der Waals surface area contributed by atoms with Crippen LogP contribution in [-0.4, -0.2) is 9.55 Å². The third-order valence-electron chi connectivity index (χ3n) is 3.96. The van der Waals surface area contributed by atoms with Gasteiger partial charge in [0.2, 0.25) is 0 Å². The highest BCUT2D eigenvalue weighted by atomic mass is 32.1. The highest BCUT2D eigenvalue weighted by Gasteiger charge is 2.24. The highest BCUT2D eigenvalue weighted by molar-refractivity contribution is 7.16. The molecule has 2 N–H and O–H groups in total. The average Bonchev–Trinajstić information content (AvgIpc) is 3.04. The summed E-state index contributed by atoms with van der Waals surface area (Å²) < 4.78 is 2.16. The van der Waals surface area contributed by atoms with E-state index in [1.807, 2.05) is 6.07 Å². The summed E-state index contributed by atoms with van der Waals surface area (Å²) in [4.78, 5) is 6.24. The lowest BCUT2D eigenvalue weighted by Crippen LogP contribution is -1.96. The van der Waals surface area contributed by atoms with Crippen molar-refractivity contribution < 1.29 is 0 Å². The van der Waals surface area contributed by atoms with Gasteiger partial charge in [-0.05, 0) is 37.0 Å². The molecular formula is C15H15N3S. The Hall–Kier alpha value is -1.81. The van der Waals surface area contributed by atoms with E-state index in [9.17, 15) is 0 Å². The molecule has 19 heavy (non-hydrogen) atoms.